The van der Waals surface area contributed by atoms with Crippen LogP contribution in [0.2, 0.25) is 0 Å². The molecule has 0 saturated carbocycles. The number of carbonyl (C=O) groups is 1. The minimum Gasteiger partial charge on any atom is -0.398 e. The molecule has 0 atom stereocenters. The van der Waals surface area contributed by atoms with E-state index >= 15 is 0 Å². The number of hydrogen-bond acceptors (Lipinski definition) is 2. The SMILES string of the molecule is CC(C)(C)c1ccc([Si](OCC(N)=O)c2ccccc2)cc1. The van der Waals surface area contributed by atoms with Crippen LogP contribution in [-0.2, 0) is 14.6 Å². The average molecular weight is 312 g/mol. The molecule has 0 aliphatic rings. The van der Waals surface area contributed by atoms with Crippen molar-refractivity contribution in [3.05, 3.63) is 60.2 Å². The predicted molar refractivity (Wildman–Crippen MR) is 91.8 cm³/mol. The lowest BCUT2D eigenvalue weighted by Crippen LogP contribution is -2.46. The second-order valence-corrected chi connectivity index (χ2v) is 8.38. The van der Waals surface area contributed by atoms with Crippen molar-refractivity contribution in [2.45, 2.75) is 26.2 Å². The van der Waals surface area contributed by atoms with Gasteiger partial charge >= 0.3 is 0 Å². The van der Waals surface area contributed by atoms with Gasteiger partial charge in [-0.3, -0.25) is 4.79 Å². The molecule has 0 saturated heterocycles. The second-order valence-electron chi connectivity index (χ2n) is 6.28. The van der Waals surface area contributed by atoms with Crippen LogP contribution in [-0.4, -0.2) is 21.6 Å². The zero-order valence-electron chi connectivity index (χ0n) is 13.3. The quantitative estimate of drug-likeness (QED) is 0.853. The summed E-state index contributed by atoms with van der Waals surface area (Å²) >= 11 is 0. The summed E-state index contributed by atoms with van der Waals surface area (Å²) in [5.74, 6) is -0.440. The molecule has 2 aromatic carbocycles. The van der Waals surface area contributed by atoms with Crippen LogP contribution in [0.25, 0.3) is 0 Å². The number of primary amides is 1. The summed E-state index contributed by atoms with van der Waals surface area (Å²) in [5, 5.41) is 2.22. The Morgan fingerprint density at radius 2 is 1.55 bits per heavy atom. The molecule has 115 valence electrons. The van der Waals surface area contributed by atoms with Crippen molar-refractivity contribution < 1.29 is 9.22 Å². The van der Waals surface area contributed by atoms with E-state index in [1.807, 2.05) is 30.3 Å². The Hall–Kier alpha value is -1.91. The van der Waals surface area contributed by atoms with E-state index in [2.05, 4.69) is 45.0 Å². The smallest absolute Gasteiger partial charge is 0.283 e. The van der Waals surface area contributed by atoms with E-state index in [4.69, 9.17) is 10.2 Å². The molecule has 1 radical (unpaired) electrons. The van der Waals surface area contributed by atoms with Crippen LogP contribution in [0.15, 0.2) is 54.6 Å². The van der Waals surface area contributed by atoms with E-state index in [9.17, 15) is 4.79 Å². The maximum atomic E-state index is 11.1. The molecule has 0 unspecified atom stereocenters. The number of carbonyl (C=O) groups excluding carboxylic acids is 1. The normalized spacial score (nSPS) is 11.6. The van der Waals surface area contributed by atoms with Crippen LogP contribution < -0.4 is 16.1 Å². The molecule has 22 heavy (non-hydrogen) atoms. The van der Waals surface area contributed by atoms with Crippen LogP contribution in [0.5, 0.6) is 0 Å². The van der Waals surface area contributed by atoms with E-state index in [-0.39, 0.29) is 12.0 Å². The molecule has 2 rings (SSSR count). The van der Waals surface area contributed by atoms with Crippen LogP contribution in [0.3, 0.4) is 0 Å². The Labute approximate surface area is 133 Å². The lowest BCUT2D eigenvalue weighted by molar-refractivity contribution is -0.119. The fourth-order valence-electron chi connectivity index (χ4n) is 2.19. The van der Waals surface area contributed by atoms with E-state index in [0.29, 0.717) is 0 Å². The molecular formula is C18H22NO2Si. The van der Waals surface area contributed by atoms with Crippen molar-refractivity contribution in [2.24, 2.45) is 5.73 Å². The van der Waals surface area contributed by atoms with Crippen molar-refractivity contribution in [1.29, 1.82) is 0 Å². The van der Waals surface area contributed by atoms with E-state index in [0.717, 1.165) is 10.4 Å². The van der Waals surface area contributed by atoms with E-state index in [1.54, 1.807) is 0 Å². The highest BCUT2D eigenvalue weighted by molar-refractivity contribution is 6.80. The van der Waals surface area contributed by atoms with Gasteiger partial charge in [-0.05, 0) is 21.4 Å². The summed E-state index contributed by atoms with van der Waals surface area (Å²) < 4.78 is 5.83. The standard InChI is InChI=1S/C18H22NO2Si/c1-18(2,3)14-9-11-16(12-10-14)22(21-13-17(19)20)15-7-5-4-6-8-15/h4-12H,13H2,1-3H3,(H2,19,20). The van der Waals surface area contributed by atoms with Crippen LogP contribution in [0.1, 0.15) is 26.3 Å². The van der Waals surface area contributed by atoms with E-state index < -0.39 is 14.9 Å². The maximum Gasteiger partial charge on any atom is 0.283 e. The molecule has 1 amide bonds. The Morgan fingerprint density at radius 3 is 2.05 bits per heavy atom. The number of rotatable bonds is 5. The Bertz CT molecular complexity index is 618. The van der Waals surface area contributed by atoms with Gasteiger partial charge in [0.1, 0.15) is 6.61 Å². The molecule has 2 aromatic rings. The third-order valence-electron chi connectivity index (χ3n) is 3.41. The minimum atomic E-state index is -1.46. The Kier molecular flexibility index (Phi) is 5.16. The first-order chi connectivity index (χ1) is 10.4. The van der Waals surface area contributed by atoms with Crippen molar-refractivity contribution in [3.63, 3.8) is 0 Å². The fourth-order valence-corrected chi connectivity index (χ4v) is 4.11. The summed E-state index contributed by atoms with van der Waals surface area (Å²) in [6.45, 7) is 6.52. The number of amides is 1. The molecule has 2 N–H and O–H groups in total. The van der Waals surface area contributed by atoms with Crippen LogP contribution in [0, 0.1) is 0 Å². The van der Waals surface area contributed by atoms with Gasteiger partial charge in [0, 0.05) is 0 Å². The number of benzene rings is 2. The Balaban J connectivity index is 2.30. The second kappa shape index (κ2) is 6.90. The zero-order chi connectivity index (χ0) is 16.2. The van der Waals surface area contributed by atoms with Crippen molar-refractivity contribution in [1.82, 2.24) is 0 Å². The minimum absolute atomic E-state index is 0.0514. The summed E-state index contributed by atoms with van der Waals surface area (Å²) in [6.07, 6.45) is 0. The largest absolute Gasteiger partial charge is 0.398 e. The van der Waals surface area contributed by atoms with Gasteiger partial charge in [-0.15, -0.1) is 0 Å². The van der Waals surface area contributed by atoms with Gasteiger partial charge in [0.2, 0.25) is 5.91 Å². The summed E-state index contributed by atoms with van der Waals surface area (Å²) in [7, 11) is -1.46. The van der Waals surface area contributed by atoms with E-state index in [1.165, 1.54) is 5.56 Å². The van der Waals surface area contributed by atoms with Crippen LogP contribution in [0.4, 0.5) is 0 Å². The number of hydrogen-bond donors (Lipinski definition) is 1. The molecular weight excluding hydrogens is 290 g/mol. The molecule has 0 heterocycles. The fraction of sp³-hybridized carbons (Fsp3) is 0.278. The monoisotopic (exact) mass is 312 g/mol. The molecule has 4 heteroatoms. The first-order valence-electron chi connectivity index (χ1n) is 7.32. The summed E-state index contributed by atoms with van der Waals surface area (Å²) in [4.78, 5) is 11.1. The lowest BCUT2D eigenvalue weighted by atomic mass is 9.87. The average Bonchev–Trinajstić information content (AvgIpc) is 2.48. The van der Waals surface area contributed by atoms with Crippen molar-refractivity contribution >= 4 is 25.3 Å². The highest BCUT2D eigenvalue weighted by Gasteiger charge is 2.21. The highest BCUT2D eigenvalue weighted by atomic mass is 28.3. The molecule has 0 fully saturated rings. The molecule has 0 aliphatic heterocycles. The van der Waals surface area contributed by atoms with Gasteiger partial charge in [-0.1, -0.05) is 75.4 Å². The topological polar surface area (TPSA) is 52.3 Å². The van der Waals surface area contributed by atoms with Gasteiger partial charge in [-0.25, -0.2) is 0 Å². The van der Waals surface area contributed by atoms with Gasteiger partial charge in [0.25, 0.3) is 9.04 Å². The first-order valence-corrected chi connectivity index (χ1v) is 8.73. The third-order valence-corrected chi connectivity index (χ3v) is 5.56. The van der Waals surface area contributed by atoms with Crippen molar-refractivity contribution in [3.8, 4) is 0 Å². The first kappa shape index (κ1) is 16.5. The predicted octanol–water partition coefficient (Wildman–Crippen LogP) is 1.59. The van der Waals surface area contributed by atoms with Gasteiger partial charge in [0.05, 0.1) is 0 Å². The molecule has 0 spiro atoms. The van der Waals surface area contributed by atoms with Gasteiger partial charge < -0.3 is 10.2 Å². The van der Waals surface area contributed by atoms with Gasteiger partial charge in [0.15, 0.2) is 0 Å². The summed E-state index contributed by atoms with van der Waals surface area (Å²) in [6, 6.07) is 18.5. The maximum absolute atomic E-state index is 11.1. The molecule has 0 aromatic heterocycles. The third kappa shape index (κ3) is 4.29. The zero-order valence-corrected chi connectivity index (χ0v) is 14.3. The summed E-state index contributed by atoms with van der Waals surface area (Å²) in [5.41, 5.74) is 6.63. The highest BCUT2D eigenvalue weighted by Crippen LogP contribution is 2.20. The van der Waals surface area contributed by atoms with Crippen molar-refractivity contribution in [2.75, 3.05) is 6.61 Å². The number of nitrogens with two attached hydrogens (primary N) is 1. The Morgan fingerprint density at radius 1 is 1.00 bits per heavy atom. The lowest BCUT2D eigenvalue weighted by Gasteiger charge is -2.21. The van der Waals surface area contributed by atoms with Crippen LogP contribution >= 0.6 is 0 Å². The molecule has 0 aliphatic carbocycles. The molecule has 0 bridgehead atoms. The molecule has 3 nitrogen and oxygen atoms in total. The van der Waals surface area contributed by atoms with Gasteiger partial charge in [-0.2, -0.15) is 0 Å².